The third kappa shape index (κ3) is 1.86. The minimum absolute atomic E-state index is 0.0313. The lowest BCUT2D eigenvalue weighted by Crippen LogP contribution is -2.35. The lowest BCUT2D eigenvalue weighted by molar-refractivity contribution is 0.0125. The molecule has 128 valence electrons. The smallest absolute Gasteiger partial charge is 0.0601 e. The molecule has 2 heteroatoms. The molecular formula is C20H36O2. The Labute approximate surface area is 136 Å². The van der Waals surface area contributed by atoms with Crippen molar-refractivity contribution in [1.29, 1.82) is 0 Å². The van der Waals surface area contributed by atoms with Crippen molar-refractivity contribution in [2.45, 2.75) is 92.3 Å². The van der Waals surface area contributed by atoms with Gasteiger partial charge in [0.1, 0.15) is 0 Å². The SMILES string of the molecule is CC1(C)[C@@H]2CC[C@@]1(C)[C@@H](O)C2.CC1(C)[C@@H]2CC[C@@]1(C)[C@@H](O)C2. The summed E-state index contributed by atoms with van der Waals surface area (Å²) in [7, 11) is 0. The standard InChI is InChI=1S/2C10H18O/c2*1-9(2)7-4-5-10(9,3)8(11)6-7/h2*7-8,11H,4-6H2,1-3H3/t2*7-,8+,10+/m11/s1. The second kappa shape index (κ2) is 4.72. The highest BCUT2D eigenvalue weighted by atomic mass is 16.3. The Kier molecular flexibility index (Phi) is 3.60. The molecule has 4 fully saturated rings. The van der Waals surface area contributed by atoms with Crippen LogP contribution >= 0.6 is 0 Å². The molecule has 6 atom stereocenters. The Morgan fingerprint density at radius 1 is 0.636 bits per heavy atom. The maximum Gasteiger partial charge on any atom is 0.0601 e. The van der Waals surface area contributed by atoms with Gasteiger partial charge >= 0.3 is 0 Å². The molecule has 0 saturated heterocycles. The van der Waals surface area contributed by atoms with Crippen LogP contribution in [0.5, 0.6) is 0 Å². The van der Waals surface area contributed by atoms with E-state index in [0.717, 1.165) is 24.7 Å². The van der Waals surface area contributed by atoms with E-state index in [9.17, 15) is 10.2 Å². The second-order valence-corrected chi connectivity index (χ2v) is 10.3. The van der Waals surface area contributed by atoms with E-state index < -0.39 is 0 Å². The Bertz CT molecular complexity index is 413. The molecule has 4 aliphatic carbocycles. The average Bonchev–Trinajstić information content (AvgIpc) is 2.91. The quantitative estimate of drug-likeness (QED) is 0.697. The molecule has 0 radical (unpaired) electrons. The predicted octanol–water partition coefficient (Wildman–Crippen LogP) is 4.39. The molecule has 0 heterocycles. The number of aliphatic hydroxyl groups is 2. The van der Waals surface area contributed by atoms with Crippen LogP contribution in [0, 0.1) is 33.5 Å². The summed E-state index contributed by atoms with van der Waals surface area (Å²) in [6.07, 6.45) is 7.15. The van der Waals surface area contributed by atoms with E-state index in [1.54, 1.807) is 0 Å². The number of rotatable bonds is 0. The molecule has 0 unspecified atom stereocenters. The van der Waals surface area contributed by atoms with E-state index in [1.165, 1.54) is 25.7 Å². The summed E-state index contributed by atoms with van der Waals surface area (Å²) >= 11 is 0. The summed E-state index contributed by atoms with van der Waals surface area (Å²) in [4.78, 5) is 0. The second-order valence-electron chi connectivity index (χ2n) is 10.3. The average molecular weight is 309 g/mol. The molecule has 0 amide bonds. The highest BCUT2D eigenvalue weighted by Gasteiger charge is 2.61. The van der Waals surface area contributed by atoms with Gasteiger partial charge in [-0.3, -0.25) is 0 Å². The van der Waals surface area contributed by atoms with Crippen molar-refractivity contribution in [3.63, 3.8) is 0 Å². The van der Waals surface area contributed by atoms with Crippen molar-refractivity contribution in [2.75, 3.05) is 0 Å². The predicted molar refractivity (Wildman–Crippen MR) is 90.5 cm³/mol. The lowest BCUT2D eigenvalue weighted by atomic mass is 9.70. The fourth-order valence-corrected chi connectivity index (χ4v) is 6.32. The zero-order chi connectivity index (χ0) is 16.6. The summed E-state index contributed by atoms with van der Waals surface area (Å²) in [5.41, 5.74) is 1.20. The maximum absolute atomic E-state index is 9.81. The van der Waals surface area contributed by atoms with Gasteiger partial charge in [-0.05, 0) is 72.0 Å². The van der Waals surface area contributed by atoms with Gasteiger partial charge in [-0.25, -0.2) is 0 Å². The molecule has 2 nitrogen and oxygen atoms in total. The van der Waals surface area contributed by atoms with Crippen LogP contribution in [0.4, 0.5) is 0 Å². The molecule has 22 heavy (non-hydrogen) atoms. The summed E-state index contributed by atoms with van der Waals surface area (Å²) in [6.45, 7) is 13.8. The zero-order valence-electron chi connectivity index (χ0n) is 15.4. The maximum atomic E-state index is 9.81. The van der Waals surface area contributed by atoms with Crippen LogP contribution in [-0.4, -0.2) is 22.4 Å². The molecule has 4 saturated carbocycles. The normalized spacial score (nSPS) is 53.5. The zero-order valence-corrected chi connectivity index (χ0v) is 15.4. The van der Waals surface area contributed by atoms with Crippen molar-refractivity contribution < 1.29 is 10.2 Å². The summed E-state index contributed by atoms with van der Waals surface area (Å²) in [6, 6.07) is 0. The van der Waals surface area contributed by atoms with Crippen LogP contribution in [0.2, 0.25) is 0 Å². The van der Waals surface area contributed by atoms with Gasteiger partial charge in [-0.2, -0.15) is 0 Å². The molecule has 2 N–H and O–H groups in total. The minimum Gasteiger partial charge on any atom is -0.393 e. The van der Waals surface area contributed by atoms with Gasteiger partial charge in [-0.15, -0.1) is 0 Å². The first-order chi connectivity index (χ1) is 9.97. The molecule has 0 aromatic carbocycles. The largest absolute Gasteiger partial charge is 0.393 e. The van der Waals surface area contributed by atoms with Crippen molar-refractivity contribution >= 4 is 0 Å². The summed E-state index contributed by atoms with van der Waals surface area (Å²) in [5, 5.41) is 19.6. The first kappa shape index (κ1) is 16.8. The molecule has 4 aliphatic rings. The molecule has 4 bridgehead atoms. The monoisotopic (exact) mass is 308 g/mol. The van der Waals surface area contributed by atoms with Gasteiger partial charge in [-0.1, -0.05) is 41.5 Å². The Balaban J connectivity index is 0.000000131. The lowest BCUT2D eigenvalue weighted by Gasteiger charge is -2.36. The molecule has 0 aromatic heterocycles. The molecule has 0 aromatic rings. The summed E-state index contributed by atoms with van der Waals surface area (Å²) < 4.78 is 0. The van der Waals surface area contributed by atoms with Gasteiger partial charge in [0.05, 0.1) is 12.2 Å². The molecular weight excluding hydrogens is 272 g/mol. The third-order valence-electron chi connectivity index (χ3n) is 9.50. The van der Waals surface area contributed by atoms with E-state index in [2.05, 4.69) is 41.5 Å². The van der Waals surface area contributed by atoms with Crippen LogP contribution in [0.15, 0.2) is 0 Å². The Morgan fingerprint density at radius 2 is 0.955 bits per heavy atom. The minimum atomic E-state index is -0.0313. The highest BCUT2D eigenvalue weighted by molar-refractivity contribution is 5.11. The number of hydrogen-bond acceptors (Lipinski definition) is 2. The fourth-order valence-electron chi connectivity index (χ4n) is 6.32. The van der Waals surface area contributed by atoms with Gasteiger partial charge in [0.2, 0.25) is 0 Å². The number of fused-ring (bicyclic) bond motifs is 4. The van der Waals surface area contributed by atoms with Crippen molar-refractivity contribution in [1.82, 2.24) is 0 Å². The van der Waals surface area contributed by atoms with Crippen LogP contribution in [0.1, 0.15) is 80.1 Å². The van der Waals surface area contributed by atoms with E-state index in [1.807, 2.05) is 0 Å². The number of aliphatic hydroxyl groups excluding tert-OH is 2. The van der Waals surface area contributed by atoms with Crippen molar-refractivity contribution in [3.05, 3.63) is 0 Å². The van der Waals surface area contributed by atoms with Crippen LogP contribution in [0.25, 0.3) is 0 Å². The summed E-state index contributed by atoms with van der Waals surface area (Å²) in [5.74, 6) is 1.56. The van der Waals surface area contributed by atoms with Crippen LogP contribution < -0.4 is 0 Å². The first-order valence-electron chi connectivity index (χ1n) is 9.33. The van der Waals surface area contributed by atoms with E-state index >= 15 is 0 Å². The van der Waals surface area contributed by atoms with Gasteiger partial charge in [0, 0.05) is 0 Å². The van der Waals surface area contributed by atoms with Gasteiger partial charge < -0.3 is 10.2 Å². The fraction of sp³-hybridized carbons (Fsp3) is 1.00. The van der Waals surface area contributed by atoms with Crippen molar-refractivity contribution in [3.8, 4) is 0 Å². The van der Waals surface area contributed by atoms with E-state index in [4.69, 9.17) is 0 Å². The van der Waals surface area contributed by atoms with Gasteiger partial charge in [0.15, 0.2) is 0 Å². The first-order valence-corrected chi connectivity index (χ1v) is 9.33. The Hall–Kier alpha value is -0.0800. The topological polar surface area (TPSA) is 40.5 Å². The van der Waals surface area contributed by atoms with Crippen LogP contribution in [-0.2, 0) is 0 Å². The Morgan fingerprint density at radius 3 is 1.05 bits per heavy atom. The third-order valence-corrected chi connectivity index (χ3v) is 9.50. The van der Waals surface area contributed by atoms with Crippen molar-refractivity contribution in [2.24, 2.45) is 33.5 Å². The van der Waals surface area contributed by atoms with E-state index in [-0.39, 0.29) is 23.0 Å². The highest BCUT2D eigenvalue weighted by Crippen LogP contribution is 2.66. The molecule has 0 aliphatic heterocycles. The number of hydrogen-bond donors (Lipinski definition) is 2. The van der Waals surface area contributed by atoms with Gasteiger partial charge in [0.25, 0.3) is 0 Å². The van der Waals surface area contributed by atoms with Crippen LogP contribution in [0.3, 0.4) is 0 Å². The molecule has 4 rings (SSSR count). The molecule has 0 spiro atoms. The van der Waals surface area contributed by atoms with E-state index in [0.29, 0.717) is 10.8 Å².